The van der Waals surface area contributed by atoms with Crippen LogP contribution in [-0.4, -0.2) is 23.4 Å². The maximum Gasteiger partial charge on any atom is 0.229 e. The molecule has 0 spiro atoms. The lowest BCUT2D eigenvalue weighted by Crippen LogP contribution is -2.19. The number of ether oxygens (including phenoxy) is 1. The Hall–Kier alpha value is -0.940. The predicted molar refractivity (Wildman–Crippen MR) is 72.8 cm³/mol. The Bertz CT molecular complexity index is 359. The second-order valence-corrected chi connectivity index (χ2v) is 5.36. The fourth-order valence-electron chi connectivity index (χ4n) is 2.52. The highest BCUT2D eigenvalue weighted by molar-refractivity contribution is 4.98. The van der Waals surface area contributed by atoms with E-state index in [1.807, 2.05) is 0 Å². The second kappa shape index (κ2) is 7.60. The van der Waals surface area contributed by atoms with Crippen molar-refractivity contribution in [3.05, 3.63) is 11.7 Å². The van der Waals surface area contributed by atoms with Crippen LogP contribution in [0, 0.1) is 0 Å². The van der Waals surface area contributed by atoms with Gasteiger partial charge in [-0.25, -0.2) is 0 Å². The molecule has 108 valence electrons. The van der Waals surface area contributed by atoms with Gasteiger partial charge in [-0.2, -0.15) is 4.98 Å². The van der Waals surface area contributed by atoms with Gasteiger partial charge < -0.3 is 15.0 Å². The van der Waals surface area contributed by atoms with E-state index in [-0.39, 0.29) is 6.04 Å². The van der Waals surface area contributed by atoms with Crippen LogP contribution in [0.1, 0.15) is 75.5 Å². The topological polar surface area (TPSA) is 74.2 Å². The van der Waals surface area contributed by atoms with E-state index in [9.17, 15) is 0 Å². The Morgan fingerprint density at radius 3 is 2.74 bits per heavy atom. The van der Waals surface area contributed by atoms with E-state index >= 15 is 0 Å². The van der Waals surface area contributed by atoms with Crippen LogP contribution in [0.2, 0.25) is 0 Å². The highest BCUT2D eigenvalue weighted by Crippen LogP contribution is 2.30. The van der Waals surface area contributed by atoms with E-state index in [2.05, 4.69) is 17.1 Å². The summed E-state index contributed by atoms with van der Waals surface area (Å²) in [5, 5.41) is 4.01. The Kier molecular flexibility index (Phi) is 5.79. The van der Waals surface area contributed by atoms with Crippen LogP contribution in [0.15, 0.2) is 4.52 Å². The molecule has 0 amide bonds. The fraction of sp³-hybridized carbons (Fsp3) is 0.857. The summed E-state index contributed by atoms with van der Waals surface area (Å²) in [6.07, 6.45) is 8.46. The molecule has 5 heteroatoms. The number of rotatable bonds is 6. The van der Waals surface area contributed by atoms with Crippen LogP contribution in [0.4, 0.5) is 0 Å². The molecule has 0 radical (unpaired) electrons. The zero-order chi connectivity index (χ0) is 13.5. The number of aromatic nitrogens is 2. The van der Waals surface area contributed by atoms with Crippen molar-refractivity contribution in [3.63, 3.8) is 0 Å². The van der Waals surface area contributed by atoms with Crippen molar-refractivity contribution in [1.29, 1.82) is 0 Å². The van der Waals surface area contributed by atoms with Crippen LogP contribution in [-0.2, 0) is 4.74 Å². The number of nitrogens with zero attached hydrogens (tertiary/aromatic N) is 2. The minimum atomic E-state index is -0.283. The van der Waals surface area contributed by atoms with Gasteiger partial charge in [0, 0.05) is 12.5 Å². The van der Waals surface area contributed by atoms with Crippen LogP contribution in [0.3, 0.4) is 0 Å². The summed E-state index contributed by atoms with van der Waals surface area (Å²) in [5.41, 5.74) is 6.00. The Balaban J connectivity index is 1.89. The van der Waals surface area contributed by atoms with Gasteiger partial charge in [0.05, 0.1) is 12.6 Å². The molecule has 1 saturated carbocycles. The van der Waals surface area contributed by atoms with E-state index in [4.69, 9.17) is 15.0 Å². The first kappa shape index (κ1) is 14.5. The van der Waals surface area contributed by atoms with Crippen molar-refractivity contribution in [2.24, 2.45) is 5.73 Å². The fourth-order valence-corrected chi connectivity index (χ4v) is 2.52. The summed E-state index contributed by atoms with van der Waals surface area (Å²) in [4.78, 5) is 4.47. The van der Waals surface area contributed by atoms with Crippen LogP contribution >= 0.6 is 0 Å². The first-order valence-corrected chi connectivity index (χ1v) is 7.48. The number of hydrogen-bond donors (Lipinski definition) is 1. The highest BCUT2D eigenvalue weighted by Gasteiger charge is 2.22. The lowest BCUT2D eigenvalue weighted by atomic mass is 10.0. The molecule has 0 bridgehead atoms. The van der Waals surface area contributed by atoms with Gasteiger partial charge in [0.2, 0.25) is 5.89 Å². The average molecular weight is 267 g/mol. The smallest absolute Gasteiger partial charge is 0.229 e. The van der Waals surface area contributed by atoms with Crippen molar-refractivity contribution < 1.29 is 9.26 Å². The molecule has 0 saturated heterocycles. The minimum absolute atomic E-state index is 0.283. The summed E-state index contributed by atoms with van der Waals surface area (Å²) in [6, 6.07) is -0.283. The van der Waals surface area contributed by atoms with Crippen LogP contribution < -0.4 is 5.73 Å². The van der Waals surface area contributed by atoms with Crippen molar-refractivity contribution in [1.82, 2.24) is 10.1 Å². The molecular weight excluding hydrogens is 242 g/mol. The molecule has 1 aromatic rings. The third-order valence-electron chi connectivity index (χ3n) is 3.64. The van der Waals surface area contributed by atoms with Crippen molar-refractivity contribution in [2.75, 3.05) is 13.2 Å². The van der Waals surface area contributed by atoms with Crippen LogP contribution in [0.5, 0.6) is 0 Å². The maximum absolute atomic E-state index is 6.00. The largest absolute Gasteiger partial charge is 0.379 e. The lowest BCUT2D eigenvalue weighted by Gasteiger charge is -2.08. The summed E-state index contributed by atoms with van der Waals surface area (Å²) < 4.78 is 10.8. The zero-order valence-corrected chi connectivity index (χ0v) is 11.8. The first-order chi connectivity index (χ1) is 9.31. The lowest BCUT2D eigenvalue weighted by molar-refractivity contribution is 0.119. The van der Waals surface area contributed by atoms with Crippen molar-refractivity contribution in [3.8, 4) is 0 Å². The molecule has 2 rings (SSSR count). The van der Waals surface area contributed by atoms with Gasteiger partial charge in [0.15, 0.2) is 5.82 Å². The molecule has 1 aromatic heterocycles. The highest BCUT2D eigenvalue weighted by atomic mass is 16.5. The van der Waals surface area contributed by atoms with E-state index in [0.717, 1.165) is 31.8 Å². The average Bonchev–Trinajstić information content (AvgIpc) is 2.75. The van der Waals surface area contributed by atoms with Crippen molar-refractivity contribution in [2.45, 2.75) is 63.8 Å². The zero-order valence-electron chi connectivity index (χ0n) is 11.8. The normalized spacial score (nSPS) is 19.3. The first-order valence-electron chi connectivity index (χ1n) is 7.48. The molecule has 1 aliphatic rings. The molecule has 19 heavy (non-hydrogen) atoms. The second-order valence-electron chi connectivity index (χ2n) is 5.36. The van der Waals surface area contributed by atoms with E-state index in [1.54, 1.807) is 0 Å². The SMILES string of the molecule is CCCOCC(N)c1noc(C2CCCCCC2)n1. The third kappa shape index (κ3) is 4.28. The molecule has 5 nitrogen and oxygen atoms in total. The number of hydrogen-bond acceptors (Lipinski definition) is 5. The monoisotopic (exact) mass is 267 g/mol. The van der Waals surface area contributed by atoms with Gasteiger partial charge in [0.1, 0.15) is 0 Å². The molecule has 0 aliphatic heterocycles. The van der Waals surface area contributed by atoms with Crippen molar-refractivity contribution >= 4 is 0 Å². The third-order valence-corrected chi connectivity index (χ3v) is 3.64. The summed E-state index contributed by atoms with van der Waals surface area (Å²) in [5.74, 6) is 1.77. The van der Waals surface area contributed by atoms with E-state index in [0.29, 0.717) is 18.3 Å². The quantitative estimate of drug-likeness (QED) is 0.633. The van der Waals surface area contributed by atoms with Gasteiger partial charge in [-0.05, 0) is 19.3 Å². The van der Waals surface area contributed by atoms with E-state index < -0.39 is 0 Å². The number of nitrogens with two attached hydrogens (primary N) is 1. The molecule has 2 N–H and O–H groups in total. The summed E-state index contributed by atoms with van der Waals surface area (Å²) >= 11 is 0. The summed E-state index contributed by atoms with van der Waals surface area (Å²) in [6.45, 7) is 3.25. The molecule has 1 heterocycles. The van der Waals surface area contributed by atoms with Gasteiger partial charge in [-0.3, -0.25) is 0 Å². The summed E-state index contributed by atoms with van der Waals surface area (Å²) in [7, 11) is 0. The molecule has 1 aliphatic carbocycles. The molecule has 1 fully saturated rings. The van der Waals surface area contributed by atoms with Gasteiger partial charge in [-0.1, -0.05) is 37.8 Å². The molecular formula is C14H25N3O2. The molecule has 1 atom stereocenters. The van der Waals surface area contributed by atoms with Gasteiger partial charge in [0.25, 0.3) is 0 Å². The Morgan fingerprint density at radius 2 is 2.05 bits per heavy atom. The Morgan fingerprint density at radius 1 is 1.32 bits per heavy atom. The Labute approximate surface area is 114 Å². The van der Waals surface area contributed by atoms with Gasteiger partial charge >= 0.3 is 0 Å². The predicted octanol–water partition coefficient (Wildman–Crippen LogP) is 2.93. The maximum atomic E-state index is 6.00. The van der Waals surface area contributed by atoms with Crippen LogP contribution in [0.25, 0.3) is 0 Å². The minimum Gasteiger partial charge on any atom is -0.379 e. The van der Waals surface area contributed by atoms with Gasteiger partial charge in [-0.15, -0.1) is 0 Å². The van der Waals surface area contributed by atoms with E-state index in [1.165, 1.54) is 25.7 Å². The molecule has 1 unspecified atom stereocenters. The standard InChI is InChI=1S/C14H25N3O2/c1-2-9-18-10-12(15)13-16-14(19-17-13)11-7-5-3-4-6-8-11/h11-12H,2-10,15H2,1H3. The molecule has 0 aromatic carbocycles.